The molecule has 0 aromatic carbocycles. The van der Waals surface area contributed by atoms with Crippen LogP contribution >= 0.6 is 0 Å². The SMILES string of the molecule is C=C1C=C[N+](c2ccc(C#N)cn2)=N1.Cc1ccnn1-c1ccc(C#N)cn1. The predicted molar refractivity (Wildman–Crippen MR) is 100 cm³/mol. The van der Waals surface area contributed by atoms with Crippen LogP contribution in [0, 0.1) is 29.6 Å². The summed E-state index contributed by atoms with van der Waals surface area (Å²) < 4.78 is 3.34. The molecule has 0 N–H and O–H groups in total. The molecule has 0 radical (unpaired) electrons. The van der Waals surface area contributed by atoms with Crippen LogP contribution in [0.1, 0.15) is 16.8 Å². The molecule has 1 aliphatic heterocycles. The number of nitriles is 2. The van der Waals surface area contributed by atoms with Gasteiger partial charge in [-0.05, 0) is 36.2 Å². The summed E-state index contributed by atoms with van der Waals surface area (Å²) in [6.07, 6.45) is 8.34. The Hall–Kier alpha value is -4.43. The van der Waals surface area contributed by atoms with E-state index in [1.54, 1.807) is 52.1 Å². The second kappa shape index (κ2) is 8.30. The summed E-state index contributed by atoms with van der Waals surface area (Å²) in [6.45, 7) is 5.64. The van der Waals surface area contributed by atoms with Crippen molar-refractivity contribution in [3.05, 3.63) is 90.3 Å². The molecule has 0 saturated heterocycles. The highest BCUT2D eigenvalue weighted by molar-refractivity contribution is 5.33. The topological polar surface area (TPSA) is 107 Å². The van der Waals surface area contributed by atoms with Crippen molar-refractivity contribution >= 4 is 5.82 Å². The summed E-state index contributed by atoms with van der Waals surface area (Å²) in [5.41, 5.74) is 2.80. The third kappa shape index (κ3) is 4.21. The van der Waals surface area contributed by atoms with Gasteiger partial charge in [0.1, 0.15) is 24.0 Å². The highest BCUT2D eigenvalue weighted by Crippen LogP contribution is 2.16. The van der Waals surface area contributed by atoms with E-state index in [9.17, 15) is 0 Å². The van der Waals surface area contributed by atoms with Crippen LogP contribution in [-0.2, 0) is 0 Å². The second-order valence-corrected chi connectivity index (χ2v) is 5.67. The van der Waals surface area contributed by atoms with Gasteiger partial charge >= 0.3 is 5.82 Å². The van der Waals surface area contributed by atoms with Gasteiger partial charge < -0.3 is 0 Å². The maximum atomic E-state index is 8.60. The summed E-state index contributed by atoms with van der Waals surface area (Å²) in [5, 5.41) is 25.4. The fourth-order valence-electron chi connectivity index (χ4n) is 2.26. The Labute approximate surface area is 161 Å². The first-order valence-corrected chi connectivity index (χ1v) is 8.22. The largest absolute Gasteiger partial charge is 0.348 e. The van der Waals surface area contributed by atoms with Gasteiger partial charge in [-0.25, -0.2) is 9.67 Å². The van der Waals surface area contributed by atoms with Gasteiger partial charge in [0, 0.05) is 30.2 Å². The molecule has 3 aromatic rings. The molecule has 0 saturated carbocycles. The maximum Gasteiger partial charge on any atom is 0.348 e. The van der Waals surface area contributed by atoms with E-state index in [4.69, 9.17) is 10.5 Å². The van der Waals surface area contributed by atoms with E-state index in [1.807, 2.05) is 25.1 Å². The van der Waals surface area contributed by atoms with Crippen LogP contribution < -0.4 is 0 Å². The number of azo groups is 2. The zero-order valence-corrected chi connectivity index (χ0v) is 15.1. The fraction of sp³-hybridized carbons (Fsp3) is 0.0500. The average molecular weight is 367 g/mol. The second-order valence-electron chi connectivity index (χ2n) is 5.67. The summed E-state index contributed by atoms with van der Waals surface area (Å²) in [5.74, 6) is 1.41. The molecular formula is C20H15N8+. The zero-order valence-electron chi connectivity index (χ0n) is 15.1. The van der Waals surface area contributed by atoms with Crippen LogP contribution in [0.2, 0.25) is 0 Å². The first-order chi connectivity index (χ1) is 13.6. The quantitative estimate of drug-likeness (QED) is 0.644. The molecule has 4 rings (SSSR count). The lowest BCUT2D eigenvalue weighted by atomic mass is 10.3. The van der Waals surface area contributed by atoms with Crippen molar-refractivity contribution in [2.24, 2.45) is 5.11 Å². The zero-order chi connectivity index (χ0) is 19.9. The van der Waals surface area contributed by atoms with Crippen molar-refractivity contribution in [3.8, 4) is 18.0 Å². The summed E-state index contributed by atoms with van der Waals surface area (Å²) in [4.78, 5) is 8.21. The molecule has 4 heterocycles. The predicted octanol–water partition coefficient (Wildman–Crippen LogP) is 3.54. The summed E-state index contributed by atoms with van der Waals surface area (Å²) >= 11 is 0. The van der Waals surface area contributed by atoms with E-state index in [0.717, 1.165) is 11.5 Å². The van der Waals surface area contributed by atoms with Gasteiger partial charge in [-0.3, -0.25) is 0 Å². The van der Waals surface area contributed by atoms with Gasteiger partial charge in [0.2, 0.25) is 0 Å². The van der Waals surface area contributed by atoms with Crippen molar-refractivity contribution in [1.82, 2.24) is 19.7 Å². The number of rotatable bonds is 2. The number of aryl methyl sites for hydroxylation is 1. The lowest BCUT2D eigenvalue weighted by molar-refractivity contribution is -0.435. The minimum absolute atomic E-state index is 0.538. The van der Waals surface area contributed by atoms with Crippen molar-refractivity contribution in [2.75, 3.05) is 0 Å². The summed E-state index contributed by atoms with van der Waals surface area (Å²) in [6, 6.07) is 12.9. The molecule has 8 heteroatoms. The number of aromatic nitrogens is 4. The Morgan fingerprint density at radius 2 is 1.71 bits per heavy atom. The number of hydrogen-bond donors (Lipinski definition) is 0. The van der Waals surface area contributed by atoms with E-state index in [0.29, 0.717) is 22.6 Å². The fourth-order valence-corrected chi connectivity index (χ4v) is 2.26. The maximum absolute atomic E-state index is 8.60. The van der Waals surface area contributed by atoms with Gasteiger partial charge in [-0.2, -0.15) is 15.6 Å². The molecule has 28 heavy (non-hydrogen) atoms. The van der Waals surface area contributed by atoms with Gasteiger partial charge in [-0.1, -0.05) is 11.7 Å². The molecule has 0 bridgehead atoms. The number of pyridine rings is 2. The number of allylic oxidation sites excluding steroid dienone is 1. The van der Waals surface area contributed by atoms with Crippen molar-refractivity contribution in [3.63, 3.8) is 0 Å². The van der Waals surface area contributed by atoms with Gasteiger partial charge in [-0.15, -0.1) is 4.70 Å². The lowest BCUT2D eigenvalue weighted by Crippen LogP contribution is -2.00. The smallest absolute Gasteiger partial charge is 0.236 e. The molecule has 0 atom stereocenters. The number of nitrogens with zero attached hydrogens (tertiary/aromatic N) is 8. The Morgan fingerprint density at radius 3 is 2.18 bits per heavy atom. The monoisotopic (exact) mass is 367 g/mol. The van der Waals surface area contributed by atoms with Crippen LogP contribution in [0.3, 0.4) is 0 Å². The third-order valence-electron chi connectivity index (χ3n) is 3.68. The standard InChI is InChI=1S/C10H7N4.C10H8N4/c1-8-4-5-14(13-8)10-3-2-9(6-11)7-12-10;1-8-4-5-13-14(8)10-3-2-9(6-11)7-12-10/h2-5,7H,1H2;2-5,7H,1H3/q+1;. The summed E-state index contributed by atoms with van der Waals surface area (Å²) in [7, 11) is 0. The van der Waals surface area contributed by atoms with E-state index < -0.39 is 0 Å². The van der Waals surface area contributed by atoms with Gasteiger partial charge in [0.25, 0.3) is 0 Å². The first-order valence-electron chi connectivity index (χ1n) is 8.22. The normalized spacial score (nSPS) is 11.8. The van der Waals surface area contributed by atoms with Crippen LogP contribution in [0.4, 0.5) is 5.82 Å². The Bertz CT molecular complexity index is 1140. The van der Waals surface area contributed by atoms with Gasteiger partial charge in [0.05, 0.1) is 11.1 Å². The average Bonchev–Trinajstić information content (AvgIpc) is 3.37. The molecule has 8 nitrogen and oxygen atoms in total. The molecule has 3 aromatic heterocycles. The van der Waals surface area contributed by atoms with Crippen molar-refractivity contribution in [1.29, 1.82) is 10.5 Å². The molecular weight excluding hydrogens is 352 g/mol. The highest BCUT2D eigenvalue weighted by Gasteiger charge is 2.13. The Morgan fingerprint density at radius 1 is 1.00 bits per heavy atom. The minimum Gasteiger partial charge on any atom is -0.236 e. The highest BCUT2D eigenvalue weighted by atomic mass is 15.3. The molecule has 134 valence electrons. The van der Waals surface area contributed by atoms with Crippen LogP contribution in [0.25, 0.3) is 5.82 Å². The molecule has 0 aliphatic carbocycles. The van der Waals surface area contributed by atoms with Gasteiger partial charge in [0.15, 0.2) is 12.0 Å². The van der Waals surface area contributed by atoms with E-state index >= 15 is 0 Å². The molecule has 0 spiro atoms. The van der Waals surface area contributed by atoms with E-state index in [2.05, 4.69) is 26.8 Å². The van der Waals surface area contributed by atoms with E-state index in [-0.39, 0.29) is 0 Å². The Balaban J connectivity index is 0.000000161. The first kappa shape index (κ1) is 18.4. The molecule has 0 amide bonds. The van der Waals surface area contributed by atoms with E-state index in [1.165, 1.54) is 12.4 Å². The van der Waals surface area contributed by atoms with Crippen molar-refractivity contribution < 1.29 is 4.70 Å². The molecule has 0 unspecified atom stereocenters. The van der Waals surface area contributed by atoms with Crippen LogP contribution in [0.15, 0.2) is 78.6 Å². The number of hydrogen-bond acceptors (Lipinski definition) is 6. The lowest BCUT2D eigenvalue weighted by Gasteiger charge is -2.01. The molecule has 0 fully saturated rings. The Kier molecular flexibility index (Phi) is 5.44. The molecule has 1 aliphatic rings. The third-order valence-corrected chi connectivity index (χ3v) is 3.68. The van der Waals surface area contributed by atoms with Crippen LogP contribution in [-0.4, -0.2) is 24.4 Å². The minimum atomic E-state index is 0.538. The van der Waals surface area contributed by atoms with Crippen LogP contribution in [0.5, 0.6) is 0 Å². The van der Waals surface area contributed by atoms with Crippen molar-refractivity contribution in [2.45, 2.75) is 6.92 Å².